The van der Waals surface area contributed by atoms with E-state index in [1.54, 1.807) is 7.11 Å². The number of likely N-dealkylation sites (tertiary alicyclic amines) is 1. The first-order valence-electron chi connectivity index (χ1n) is 11.0. The highest BCUT2D eigenvalue weighted by atomic mass is 16.5. The summed E-state index contributed by atoms with van der Waals surface area (Å²) in [4.78, 5) is 19.7. The fourth-order valence-corrected chi connectivity index (χ4v) is 5.30. The zero-order valence-electron chi connectivity index (χ0n) is 17.3. The number of ether oxygens (including phenoxy) is 1. The molecule has 0 radical (unpaired) electrons. The van der Waals surface area contributed by atoms with Gasteiger partial charge in [-0.2, -0.15) is 0 Å². The summed E-state index contributed by atoms with van der Waals surface area (Å²) in [6.45, 7) is 1.78. The molecule has 1 atom stereocenters. The van der Waals surface area contributed by atoms with Gasteiger partial charge in [0.1, 0.15) is 5.75 Å². The third-order valence-corrected chi connectivity index (χ3v) is 7.45. The standard InChI is InChI=1S/C25H30N2O2/c1-29-21-5-2-4-18(15-21)14-19-6-7-23(26-17-19)20-8-12-27(13-9-20)24(28)22-16-25(22)10-3-11-25/h2,4-7,15,17,20,22H,3,8-14,16H2,1H3. The van der Waals surface area contributed by atoms with Gasteiger partial charge in [-0.1, -0.05) is 24.6 Å². The molecule has 4 nitrogen and oxygen atoms in total. The molecule has 3 fully saturated rings. The Bertz CT molecular complexity index is 880. The molecule has 2 saturated carbocycles. The first kappa shape index (κ1) is 18.7. The summed E-state index contributed by atoms with van der Waals surface area (Å²) >= 11 is 0. The third kappa shape index (κ3) is 3.65. The molecular weight excluding hydrogens is 360 g/mol. The van der Waals surface area contributed by atoms with Crippen molar-refractivity contribution in [3.05, 3.63) is 59.4 Å². The quantitative estimate of drug-likeness (QED) is 0.751. The molecule has 1 aliphatic heterocycles. The Morgan fingerprint density at radius 3 is 2.62 bits per heavy atom. The van der Waals surface area contributed by atoms with Crippen molar-refractivity contribution in [3.63, 3.8) is 0 Å². The van der Waals surface area contributed by atoms with Gasteiger partial charge in [0.25, 0.3) is 0 Å². The molecule has 1 spiro atoms. The van der Waals surface area contributed by atoms with Gasteiger partial charge in [-0.05, 0) is 73.3 Å². The molecule has 4 heteroatoms. The molecule has 1 amide bonds. The molecule has 3 aliphatic rings. The Labute approximate surface area is 173 Å². The molecule has 2 aromatic rings. The lowest BCUT2D eigenvalue weighted by atomic mass is 9.79. The molecule has 1 aromatic carbocycles. The van der Waals surface area contributed by atoms with Gasteiger partial charge in [0, 0.05) is 36.8 Å². The van der Waals surface area contributed by atoms with Crippen LogP contribution in [0.25, 0.3) is 0 Å². The van der Waals surface area contributed by atoms with E-state index in [0.717, 1.165) is 44.5 Å². The zero-order valence-corrected chi connectivity index (χ0v) is 17.3. The van der Waals surface area contributed by atoms with Crippen LogP contribution in [0.15, 0.2) is 42.6 Å². The molecule has 0 N–H and O–H groups in total. The second kappa shape index (κ2) is 7.47. The lowest BCUT2D eigenvalue weighted by Gasteiger charge is -2.34. The molecule has 1 unspecified atom stereocenters. The molecule has 29 heavy (non-hydrogen) atoms. The Morgan fingerprint density at radius 1 is 1.17 bits per heavy atom. The average molecular weight is 391 g/mol. The number of hydrogen-bond donors (Lipinski definition) is 0. The number of hydrogen-bond acceptors (Lipinski definition) is 3. The summed E-state index contributed by atoms with van der Waals surface area (Å²) < 4.78 is 5.31. The van der Waals surface area contributed by atoms with Crippen molar-refractivity contribution in [1.82, 2.24) is 9.88 Å². The highest BCUT2D eigenvalue weighted by Gasteiger charge is 2.61. The summed E-state index contributed by atoms with van der Waals surface area (Å²) in [7, 11) is 1.70. The largest absolute Gasteiger partial charge is 0.497 e. The van der Waals surface area contributed by atoms with Gasteiger partial charge in [0.15, 0.2) is 0 Å². The van der Waals surface area contributed by atoms with Crippen LogP contribution in [0.3, 0.4) is 0 Å². The first-order valence-corrected chi connectivity index (χ1v) is 11.0. The fraction of sp³-hybridized carbons (Fsp3) is 0.520. The Hall–Kier alpha value is -2.36. The van der Waals surface area contributed by atoms with Crippen molar-refractivity contribution in [3.8, 4) is 5.75 Å². The van der Waals surface area contributed by atoms with Crippen LogP contribution in [0, 0.1) is 11.3 Å². The Balaban J connectivity index is 1.15. The number of piperidine rings is 1. The lowest BCUT2D eigenvalue weighted by Crippen LogP contribution is -2.40. The van der Waals surface area contributed by atoms with E-state index in [1.807, 2.05) is 18.3 Å². The Kier molecular flexibility index (Phi) is 4.81. The van der Waals surface area contributed by atoms with Crippen LogP contribution in [0.5, 0.6) is 5.75 Å². The fourth-order valence-electron chi connectivity index (χ4n) is 5.30. The van der Waals surface area contributed by atoms with Crippen LogP contribution in [0.4, 0.5) is 0 Å². The van der Waals surface area contributed by atoms with Gasteiger partial charge < -0.3 is 9.64 Å². The molecule has 152 valence electrons. The van der Waals surface area contributed by atoms with E-state index in [2.05, 4.69) is 29.2 Å². The molecule has 1 saturated heterocycles. The predicted octanol–water partition coefficient (Wildman–Crippen LogP) is 4.58. The maximum absolute atomic E-state index is 12.8. The van der Waals surface area contributed by atoms with Gasteiger partial charge in [-0.3, -0.25) is 9.78 Å². The monoisotopic (exact) mass is 390 g/mol. The van der Waals surface area contributed by atoms with Crippen molar-refractivity contribution in [1.29, 1.82) is 0 Å². The van der Waals surface area contributed by atoms with E-state index < -0.39 is 0 Å². The molecule has 2 heterocycles. The second-order valence-electron chi connectivity index (χ2n) is 9.19. The van der Waals surface area contributed by atoms with E-state index in [0.29, 0.717) is 23.2 Å². The van der Waals surface area contributed by atoms with E-state index >= 15 is 0 Å². The molecule has 5 rings (SSSR count). The van der Waals surface area contributed by atoms with Crippen molar-refractivity contribution in [2.45, 2.75) is 50.9 Å². The predicted molar refractivity (Wildman–Crippen MR) is 113 cm³/mol. The second-order valence-corrected chi connectivity index (χ2v) is 9.19. The van der Waals surface area contributed by atoms with Crippen molar-refractivity contribution >= 4 is 5.91 Å². The minimum absolute atomic E-state index is 0.349. The highest BCUT2D eigenvalue weighted by molar-refractivity contribution is 5.83. The van der Waals surface area contributed by atoms with Crippen LogP contribution in [0.1, 0.15) is 61.3 Å². The van der Waals surface area contributed by atoms with Crippen LogP contribution in [-0.2, 0) is 11.2 Å². The Morgan fingerprint density at radius 2 is 2.00 bits per heavy atom. The number of aromatic nitrogens is 1. The minimum Gasteiger partial charge on any atom is -0.497 e. The summed E-state index contributed by atoms with van der Waals surface area (Å²) in [5.74, 6) is 2.15. The van der Waals surface area contributed by atoms with E-state index in [9.17, 15) is 4.79 Å². The highest BCUT2D eigenvalue weighted by Crippen LogP contribution is 2.66. The van der Waals surface area contributed by atoms with Crippen LogP contribution in [0.2, 0.25) is 0 Å². The third-order valence-electron chi connectivity index (χ3n) is 7.45. The van der Waals surface area contributed by atoms with Gasteiger partial charge in [-0.15, -0.1) is 0 Å². The van der Waals surface area contributed by atoms with Crippen LogP contribution < -0.4 is 4.74 Å². The normalized spacial score (nSPS) is 22.9. The zero-order chi connectivity index (χ0) is 19.8. The van der Waals surface area contributed by atoms with E-state index in [1.165, 1.54) is 36.1 Å². The van der Waals surface area contributed by atoms with Crippen LogP contribution in [-0.4, -0.2) is 36.0 Å². The number of methoxy groups -OCH3 is 1. The number of nitrogens with zero attached hydrogens (tertiary/aromatic N) is 2. The average Bonchev–Trinajstić information content (AvgIpc) is 3.51. The van der Waals surface area contributed by atoms with Crippen molar-refractivity contribution in [2.75, 3.05) is 20.2 Å². The number of carbonyl (C=O) groups is 1. The molecule has 1 aromatic heterocycles. The molecular formula is C25H30N2O2. The van der Waals surface area contributed by atoms with Crippen molar-refractivity contribution < 1.29 is 9.53 Å². The lowest BCUT2D eigenvalue weighted by molar-refractivity contribution is -0.135. The van der Waals surface area contributed by atoms with Gasteiger partial charge in [0.2, 0.25) is 5.91 Å². The summed E-state index contributed by atoms with van der Waals surface area (Å²) in [6.07, 6.45) is 9.99. The van der Waals surface area contributed by atoms with Crippen LogP contribution >= 0.6 is 0 Å². The number of benzene rings is 1. The van der Waals surface area contributed by atoms with Gasteiger partial charge in [-0.25, -0.2) is 0 Å². The van der Waals surface area contributed by atoms with Gasteiger partial charge in [0.05, 0.1) is 7.11 Å². The summed E-state index contributed by atoms with van der Waals surface area (Å²) in [6, 6.07) is 12.6. The topological polar surface area (TPSA) is 42.4 Å². The smallest absolute Gasteiger partial charge is 0.226 e. The number of rotatable bonds is 5. The minimum atomic E-state index is 0.349. The summed E-state index contributed by atoms with van der Waals surface area (Å²) in [5, 5.41) is 0. The number of carbonyl (C=O) groups excluding carboxylic acids is 1. The number of pyridine rings is 1. The van der Waals surface area contributed by atoms with E-state index in [-0.39, 0.29) is 0 Å². The summed E-state index contributed by atoms with van der Waals surface area (Å²) in [5.41, 5.74) is 4.06. The maximum atomic E-state index is 12.8. The van der Waals surface area contributed by atoms with E-state index in [4.69, 9.17) is 9.72 Å². The molecule has 2 aliphatic carbocycles. The number of amides is 1. The SMILES string of the molecule is COc1cccc(Cc2ccc(C3CCN(C(=O)C4CC45CCC5)CC3)nc2)c1. The van der Waals surface area contributed by atoms with Crippen molar-refractivity contribution in [2.24, 2.45) is 11.3 Å². The molecule has 0 bridgehead atoms. The first-order chi connectivity index (χ1) is 14.2. The maximum Gasteiger partial charge on any atom is 0.226 e. The van der Waals surface area contributed by atoms with Gasteiger partial charge >= 0.3 is 0 Å².